The van der Waals surface area contributed by atoms with Crippen molar-refractivity contribution >= 4 is 17.8 Å². The number of carbonyl (C=O) groups is 3. The van der Waals surface area contributed by atoms with Gasteiger partial charge in [-0.05, 0) is 12.1 Å². The number of benzene rings is 1. The van der Waals surface area contributed by atoms with Crippen LogP contribution in [0, 0.1) is 0 Å². The second kappa shape index (κ2) is 11.3. The maximum Gasteiger partial charge on any atom is 0.364 e. The molecular formula is C21H27N5O9. The molecule has 1 saturated heterocycles. The van der Waals surface area contributed by atoms with Crippen LogP contribution in [0.2, 0.25) is 0 Å². The minimum Gasteiger partial charge on any atom is -0.477 e. The van der Waals surface area contributed by atoms with Crippen LogP contribution in [0.3, 0.4) is 0 Å². The highest BCUT2D eigenvalue weighted by Crippen LogP contribution is 2.34. The van der Waals surface area contributed by atoms with Gasteiger partial charge in [0.25, 0.3) is 11.7 Å². The van der Waals surface area contributed by atoms with Crippen LogP contribution in [-0.4, -0.2) is 96.4 Å². The molecule has 14 heteroatoms. The summed E-state index contributed by atoms with van der Waals surface area (Å²) in [6, 6.07) is 6.85. The molecule has 3 rings (SSSR count). The number of nitrogens with one attached hydrogen (secondary N) is 3. The van der Waals surface area contributed by atoms with Crippen LogP contribution >= 0.6 is 0 Å². The number of aliphatic hydroxyl groups excluding tert-OH is 3. The number of ether oxygens (including phenoxy) is 2. The number of H-pyrrole nitrogens is 1. The Balaban J connectivity index is 1.77. The van der Waals surface area contributed by atoms with E-state index < -0.39 is 67.0 Å². The van der Waals surface area contributed by atoms with Crippen molar-refractivity contribution in [1.82, 2.24) is 26.0 Å². The number of hydrogen-bond donors (Lipinski definition) is 7. The normalized spacial score (nSPS) is 25.9. The number of aliphatic carboxylic acids is 1. The largest absolute Gasteiger partial charge is 0.477 e. The second-order valence-corrected chi connectivity index (χ2v) is 8.02. The van der Waals surface area contributed by atoms with Gasteiger partial charge in [0, 0.05) is 25.5 Å². The zero-order chi connectivity index (χ0) is 25.6. The van der Waals surface area contributed by atoms with Crippen molar-refractivity contribution in [2.24, 2.45) is 0 Å². The molecule has 1 aromatic carbocycles. The lowest BCUT2D eigenvalue weighted by atomic mass is 9.88. The zero-order valence-corrected chi connectivity index (χ0v) is 18.7. The molecule has 0 saturated carbocycles. The number of hydrogen-bond acceptors (Lipinski definition) is 10. The molecule has 14 nitrogen and oxygen atoms in total. The fourth-order valence-electron chi connectivity index (χ4n) is 3.66. The van der Waals surface area contributed by atoms with Gasteiger partial charge < -0.3 is 40.5 Å². The third kappa shape index (κ3) is 6.37. The average Bonchev–Trinajstić information content (AvgIpc) is 3.36. The minimum absolute atomic E-state index is 0.244. The van der Waals surface area contributed by atoms with Crippen molar-refractivity contribution in [3.05, 3.63) is 47.8 Å². The van der Waals surface area contributed by atoms with Crippen molar-refractivity contribution in [3.8, 4) is 0 Å². The summed E-state index contributed by atoms with van der Waals surface area (Å²) in [7, 11) is 0. The molecule has 2 heterocycles. The van der Waals surface area contributed by atoms with Crippen LogP contribution < -0.4 is 10.6 Å². The second-order valence-electron chi connectivity index (χ2n) is 8.02. The van der Waals surface area contributed by atoms with E-state index in [9.17, 15) is 34.8 Å². The third-order valence-electron chi connectivity index (χ3n) is 5.43. The number of carboxylic acid groups (broad SMARTS) is 1. The Kier molecular flexibility index (Phi) is 8.48. The molecule has 2 aromatic rings. The highest BCUT2D eigenvalue weighted by Gasteiger charge is 2.55. The van der Waals surface area contributed by atoms with Gasteiger partial charge in [-0.2, -0.15) is 15.4 Å². The standard InChI is InChI=1S/C21H27N5O9/c1-11(27)24-16-14(28)7-21(20(32)33,34-10-13-8-23-26-25-13)35-18(16)17(30)15(29)9-22-19(31)12-5-3-2-4-6-12/h2-6,8,14-18,28-30H,7,9-10H2,1H3,(H,22,31)(H,24,27)(H,32,33)(H,23,25,26)/t14-,15+,16+,17-,18+,21+/m0/s1. The highest BCUT2D eigenvalue weighted by atomic mass is 16.7. The number of amides is 2. The maximum absolute atomic E-state index is 12.3. The van der Waals surface area contributed by atoms with E-state index in [2.05, 4.69) is 26.0 Å². The van der Waals surface area contributed by atoms with Crippen LogP contribution in [0.5, 0.6) is 0 Å². The van der Waals surface area contributed by atoms with E-state index in [4.69, 9.17) is 9.47 Å². The van der Waals surface area contributed by atoms with Crippen molar-refractivity contribution in [1.29, 1.82) is 0 Å². The van der Waals surface area contributed by atoms with Crippen LogP contribution in [0.25, 0.3) is 0 Å². The average molecular weight is 493 g/mol. The molecule has 2 amide bonds. The molecule has 1 aliphatic heterocycles. The predicted octanol–water partition coefficient (Wildman–Crippen LogP) is -2.09. The van der Waals surface area contributed by atoms with Gasteiger partial charge in [-0.1, -0.05) is 18.2 Å². The van der Waals surface area contributed by atoms with Crippen molar-refractivity contribution in [3.63, 3.8) is 0 Å². The molecule has 190 valence electrons. The smallest absolute Gasteiger partial charge is 0.364 e. The monoisotopic (exact) mass is 493 g/mol. The fourth-order valence-corrected chi connectivity index (χ4v) is 3.66. The molecule has 1 aliphatic rings. The van der Waals surface area contributed by atoms with E-state index in [-0.39, 0.29) is 12.3 Å². The van der Waals surface area contributed by atoms with Gasteiger partial charge in [0.15, 0.2) is 0 Å². The van der Waals surface area contributed by atoms with E-state index in [0.717, 1.165) is 6.92 Å². The van der Waals surface area contributed by atoms with Gasteiger partial charge in [0.1, 0.15) is 17.9 Å². The first-order valence-electron chi connectivity index (χ1n) is 10.7. The molecule has 0 spiro atoms. The lowest BCUT2D eigenvalue weighted by Gasteiger charge is -2.46. The SMILES string of the molecule is CC(=O)N[C@H]1[C@H]([C@@H](O)[C@H](O)CNC(=O)c2ccccc2)O[C@@](OCc2cn[nH]n2)(C(=O)O)C[C@@H]1O. The Bertz CT molecular complexity index is 1010. The zero-order valence-electron chi connectivity index (χ0n) is 18.7. The molecule has 6 atom stereocenters. The molecule has 0 unspecified atom stereocenters. The number of carbonyl (C=O) groups excluding carboxylic acids is 2. The Morgan fingerprint density at radius 3 is 2.60 bits per heavy atom. The Hall–Kier alpha value is -3.43. The van der Waals surface area contributed by atoms with Crippen LogP contribution in [0.1, 0.15) is 29.4 Å². The van der Waals surface area contributed by atoms with Crippen LogP contribution in [-0.2, 0) is 25.7 Å². The number of carboxylic acids is 1. The molecule has 7 N–H and O–H groups in total. The molecule has 0 bridgehead atoms. The lowest BCUT2D eigenvalue weighted by molar-refractivity contribution is -0.314. The molecule has 35 heavy (non-hydrogen) atoms. The quantitative estimate of drug-likeness (QED) is 0.190. The Morgan fingerprint density at radius 1 is 1.29 bits per heavy atom. The number of rotatable bonds is 10. The van der Waals surface area contributed by atoms with Crippen molar-refractivity contribution in [2.45, 2.75) is 56.2 Å². The number of aliphatic hydroxyl groups is 3. The first-order chi connectivity index (χ1) is 16.6. The van der Waals surface area contributed by atoms with Gasteiger partial charge in [0.2, 0.25) is 5.91 Å². The summed E-state index contributed by atoms with van der Waals surface area (Å²) in [5.74, 6) is -5.15. The summed E-state index contributed by atoms with van der Waals surface area (Å²) in [4.78, 5) is 36.1. The number of nitrogens with zero attached hydrogens (tertiary/aromatic N) is 2. The molecule has 0 aliphatic carbocycles. The number of aromatic nitrogens is 3. The molecule has 1 fully saturated rings. The summed E-state index contributed by atoms with van der Waals surface area (Å²) >= 11 is 0. The lowest BCUT2D eigenvalue weighted by Crippen LogP contribution is -2.68. The molecular weight excluding hydrogens is 466 g/mol. The predicted molar refractivity (Wildman–Crippen MR) is 115 cm³/mol. The summed E-state index contributed by atoms with van der Waals surface area (Å²) in [6.45, 7) is 0.364. The van der Waals surface area contributed by atoms with Gasteiger partial charge in [-0.25, -0.2) is 4.79 Å². The Morgan fingerprint density at radius 2 is 2.00 bits per heavy atom. The van der Waals surface area contributed by atoms with Gasteiger partial charge >= 0.3 is 5.97 Å². The van der Waals surface area contributed by atoms with Gasteiger partial charge in [0.05, 0.1) is 31.1 Å². The molecule has 1 aromatic heterocycles. The third-order valence-corrected chi connectivity index (χ3v) is 5.43. The van der Waals surface area contributed by atoms with E-state index in [1.165, 1.54) is 6.20 Å². The van der Waals surface area contributed by atoms with Crippen LogP contribution in [0.15, 0.2) is 36.5 Å². The van der Waals surface area contributed by atoms with E-state index in [1.54, 1.807) is 30.3 Å². The van der Waals surface area contributed by atoms with Crippen molar-refractivity contribution < 1.29 is 44.3 Å². The molecule has 0 radical (unpaired) electrons. The first-order valence-corrected chi connectivity index (χ1v) is 10.7. The highest BCUT2D eigenvalue weighted by molar-refractivity contribution is 5.94. The minimum atomic E-state index is -2.44. The summed E-state index contributed by atoms with van der Waals surface area (Å²) in [6.07, 6.45) is -5.97. The number of aromatic amines is 1. The van der Waals surface area contributed by atoms with E-state index in [0.29, 0.717) is 5.56 Å². The first kappa shape index (κ1) is 26.2. The topological polar surface area (TPSA) is 216 Å². The Labute approximate surface area is 199 Å². The summed E-state index contributed by atoms with van der Waals surface area (Å²) < 4.78 is 11.1. The van der Waals surface area contributed by atoms with E-state index >= 15 is 0 Å². The van der Waals surface area contributed by atoms with E-state index in [1.807, 2.05) is 0 Å². The van der Waals surface area contributed by atoms with Crippen molar-refractivity contribution in [2.75, 3.05) is 6.54 Å². The summed E-state index contributed by atoms with van der Waals surface area (Å²) in [5, 5.41) is 56.5. The summed E-state index contributed by atoms with van der Waals surface area (Å²) in [5.41, 5.74) is 0.564. The van der Waals surface area contributed by atoms with Gasteiger partial charge in [-0.3, -0.25) is 9.59 Å². The fraction of sp³-hybridized carbons (Fsp3) is 0.476. The van der Waals surface area contributed by atoms with Crippen LogP contribution in [0.4, 0.5) is 0 Å². The maximum atomic E-state index is 12.3. The van der Waals surface area contributed by atoms with Gasteiger partial charge in [-0.15, -0.1) is 0 Å².